The molecule has 0 aliphatic carbocycles. The quantitative estimate of drug-likeness (QED) is 0.288. The molecule has 0 atom stereocenters. The lowest BCUT2D eigenvalue weighted by atomic mass is 10.2. The van der Waals surface area contributed by atoms with Crippen LogP contribution in [0.1, 0.15) is 5.56 Å². The van der Waals surface area contributed by atoms with Crippen LogP contribution in [0, 0.1) is 0 Å². The monoisotopic (exact) mass is 450 g/mol. The Morgan fingerprint density at radius 3 is 2.32 bits per heavy atom. The maximum atomic E-state index is 12.5. The highest BCUT2D eigenvalue weighted by Gasteiger charge is 2.15. The molecule has 1 heterocycles. The third kappa shape index (κ3) is 5.08. The van der Waals surface area contributed by atoms with E-state index in [0.29, 0.717) is 22.3 Å². The molecular weight excluding hydrogens is 432 g/mol. The Hall–Kier alpha value is -3.69. The largest absolute Gasteiger partial charge is 0.506 e. The fourth-order valence-electron chi connectivity index (χ4n) is 2.74. The van der Waals surface area contributed by atoms with Gasteiger partial charge in [0.1, 0.15) is 17.3 Å². The summed E-state index contributed by atoms with van der Waals surface area (Å²) in [5, 5.41) is 15.3. The number of nitrogens with one attached hydrogen (secondary N) is 2. The Morgan fingerprint density at radius 1 is 0.935 bits per heavy atom. The lowest BCUT2D eigenvalue weighted by Gasteiger charge is -2.12. The third-order valence-electron chi connectivity index (χ3n) is 4.24. The van der Waals surface area contributed by atoms with Gasteiger partial charge in [-0.25, -0.2) is 18.4 Å². The average molecular weight is 451 g/mol. The third-order valence-corrected chi connectivity index (χ3v) is 6.42. The van der Waals surface area contributed by atoms with Gasteiger partial charge in [0, 0.05) is 22.8 Å². The number of aromatic nitrogens is 1. The van der Waals surface area contributed by atoms with Crippen LogP contribution in [0.15, 0.2) is 100 Å². The molecular formula is C22H18N4O3S2. The summed E-state index contributed by atoms with van der Waals surface area (Å²) < 4.78 is 27.5. The zero-order chi connectivity index (χ0) is 21.7. The molecule has 0 bridgehead atoms. The Kier molecular flexibility index (Phi) is 5.96. The summed E-state index contributed by atoms with van der Waals surface area (Å²) >= 11 is 1.21. The number of rotatable bonds is 6. The summed E-state index contributed by atoms with van der Waals surface area (Å²) in [6.07, 6.45) is 1.53. The van der Waals surface area contributed by atoms with Crippen LogP contribution in [0.3, 0.4) is 0 Å². The molecule has 0 saturated carbocycles. The van der Waals surface area contributed by atoms with Crippen molar-refractivity contribution in [2.24, 2.45) is 4.99 Å². The van der Waals surface area contributed by atoms with Gasteiger partial charge in [0.15, 0.2) is 5.13 Å². The second-order valence-corrected chi connectivity index (χ2v) is 8.98. The summed E-state index contributed by atoms with van der Waals surface area (Å²) in [6, 6.07) is 22.5. The average Bonchev–Trinajstić information content (AvgIpc) is 3.28. The van der Waals surface area contributed by atoms with Crippen LogP contribution in [0.5, 0.6) is 5.75 Å². The number of para-hydroxylation sites is 2. The predicted molar refractivity (Wildman–Crippen MR) is 124 cm³/mol. The highest BCUT2D eigenvalue weighted by molar-refractivity contribution is 7.93. The van der Waals surface area contributed by atoms with Crippen molar-refractivity contribution in [3.05, 3.63) is 96.0 Å². The van der Waals surface area contributed by atoms with Gasteiger partial charge in [-0.3, -0.25) is 4.72 Å². The van der Waals surface area contributed by atoms with E-state index in [1.54, 1.807) is 41.8 Å². The molecule has 0 saturated heterocycles. The number of anilines is 2. The molecule has 0 unspecified atom stereocenters. The van der Waals surface area contributed by atoms with Crippen molar-refractivity contribution in [3.63, 3.8) is 0 Å². The number of amidine groups is 1. The van der Waals surface area contributed by atoms with E-state index in [2.05, 4.69) is 20.0 Å². The molecule has 0 aliphatic heterocycles. The van der Waals surface area contributed by atoms with Crippen LogP contribution >= 0.6 is 11.3 Å². The summed E-state index contributed by atoms with van der Waals surface area (Å²) in [5.74, 6) is 0.575. The lowest BCUT2D eigenvalue weighted by Crippen LogP contribution is -2.15. The Labute approximate surface area is 183 Å². The van der Waals surface area contributed by atoms with Gasteiger partial charge in [0.05, 0.1) is 4.90 Å². The van der Waals surface area contributed by atoms with E-state index in [4.69, 9.17) is 0 Å². The number of sulfonamides is 1. The highest BCUT2D eigenvalue weighted by Crippen LogP contribution is 2.26. The zero-order valence-electron chi connectivity index (χ0n) is 16.1. The molecule has 0 amide bonds. The number of aromatic hydroxyl groups is 1. The summed E-state index contributed by atoms with van der Waals surface area (Å²) in [6.45, 7) is 0. The first-order chi connectivity index (χ1) is 15.0. The van der Waals surface area contributed by atoms with Crippen molar-refractivity contribution >= 4 is 43.7 Å². The van der Waals surface area contributed by atoms with Crippen LogP contribution in [-0.4, -0.2) is 24.3 Å². The fourth-order valence-corrected chi connectivity index (χ4v) is 4.53. The van der Waals surface area contributed by atoms with Crippen LogP contribution in [-0.2, 0) is 10.0 Å². The van der Waals surface area contributed by atoms with Gasteiger partial charge in [-0.05, 0) is 36.4 Å². The fraction of sp³-hybridized carbons (Fsp3) is 0. The molecule has 0 aliphatic rings. The second-order valence-electron chi connectivity index (χ2n) is 6.41. The van der Waals surface area contributed by atoms with Crippen LogP contribution in [0.4, 0.5) is 16.5 Å². The number of aliphatic imine (C=N–C) groups is 1. The van der Waals surface area contributed by atoms with E-state index >= 15 is 0 Å². The van der Waals surface area contributed by atoms with E-state index in [-0.39, 0.29) is 10.6 Å². The maximum Gasteiger partial charge on any atom is 0.263 e. The van der Waals surface area contributed by atoms with Crippen LogP contribution in [0.2, 0.25) is 0 Å². The van der Waals surface area contributed by atoms with Crippen molar-refractivity contribution in [3.8, 4) is 5.75 Å². The topological polar surface area (TPSA) is 104 Å². The number of hydrogen-bond donors (Lipinski definition) is 3. The van der Waals surface area contributed by atoms with Gasteiger partial charge in [-0.2, -0.15) is 0 Å². The molecule has 0 fully saturated rings. The van der Waals surface area contributed by atoms with Crippen molar-refractivity contribution in [2.45, 2.75) is 4.90 Å². The van der Waals surface area contributed by atoms with E-state index in [1.165, 1.54) is 29.7 Å². The molecule has 4 rings (SSSR count). The number of benzene rings is 3. The summed E-state index contributed by atoms with van der Waals surface area (Å²) in [7, 11) is -3.73. The Bertz CT molecular complexity index is 1290. The van der Waals surface area contributed by atoms with Gasteiger partial charge in [-0.15, -0.1) is 11.3 Å². The van der Waals surface area contributed by atoms with Crippen molar-refractivity contribution < 1.29 is 13.5 Å². The number of phenolic OH excluding ortho intramolecular Hbond substituents is 1. The number of phenols is 1. The highest BCUT2D eigenvalue weighted by atomic mass is 32.2. The Morgan fingerprint density at radius 2 is 1.65 bits per heavy atom. The minimum Gasteiger partial charge on any atom is -0.506 e. The van der Waals surface area contributed by atoms with Crippen LogP contribution in [0.25, 0.3) is 0 Å². The molecule has 0 radical (unpaired) electrons. The van der Waals surface area contributed by atoms with Crippen molar-refractivity contribution in [2.75, 3.05) is 10.0 Å². The minimum absolute atomic E-state index is 0.0624. The standard InChI is InChI=1S/C22H18N4O3S2/c27-20-9-5-4-8-19(20)25-21(16-6-2-1-3-7-16)24-17-10-12-18(13-11-17)31(28,29)26-22-23-14-15-30-22/h1-15,27H,(H,23,26)(H,24,25). The van der Waals surface area contributed by atoms with Crippen LogP contribution < -0.4 is 10.0 Å². The van der Waals surface area contributed by atoms with Gasteiger partial charge < -0.3 is 10.4 Å². The van der Waals surface area contributed by atoms with Crippen molar-refractivity contribution in [1.29, 1.82) is 0 Å². The molecule has 1 aromatic heterocycles. The summed E-state index contributed by atoms with van der Waals surface area (Å²) in [5.41, 5.74) is 1.87. The number of hydrogen-bond acceptors (Lipinski definition) is 6. The molecule has 156 valence electrons. The molecule has 3 N–H and O–H groups in total. The predicted octanol–water partition coefficient (Wildman–Crippen LogP) is 4.84. The zero-order valence-corrected chi connectivity index (χ0v) is 17.8. The van der Waals surface area contributed by atoms with Gasteiger partial charge >= 0.3 is 0 Å². The first kappa shape index (κ1) is 20.6. The molecule has 4 aromatic rings. The number of nitrogens with zero attached hydrogens (tertiary/aromatic N) is 2. The second kappa shape index (κ2) is 8.99. The molecule has 7 nitrogen and oxygen atoms in total. The van der Waals surface area contributed by atoms with E-state index in [1.807, 2.05) is 30.3 Å². The minimum atomic E-state index is -3.73. The Balaban J connectivity index is 1.61. The first-order valence-electron chi connectivity index (χ1n) is 9.23. The smallest absolute Gasteiger partial charge is 0.263 e. The number of thiazole rings is 1. The maximum absolute atomic E-state index is 12.5. The molecule has 9 heteroatoms. The van der Waals surface area contributed by atoms with E-state index < -0.39 is 10.0 Å². The van der Waals surface area contributed by atoms with Gasteiger partial charge in [-0.1, -0.05) is 42.5 Å². The normalized spacial score (nSPS) is 11.8. The van der Waals surface area contributed by atoms with E-state index in [9.17, 15) is 13.5 Å². The van der Waals surface area contributed by atoms with Gasteiger partial charge in [0.2, 0.25) is 0 Å². The van der Waals surface area contributed by atoms with Gasteiger partial charge in [0.25, 0.3) is 10.0 Å². The van der Waals surface area contributed by atoms with Crippen molar-refractivity contribution in [1.82, 2.24) is 4.98 Å². The summed E-state index contributed by atoms with van der Waals surface area (Å²) in [4.78, 5) is 8.62. The SMILES string of the molecule is O=S(=O)(Nc1nccs1)c1ccc(NC(=Nc2ccccc2O)c2ccccc2)cc1. The van der Waals surface area contributed by atoms with E-state index in [0.717, 1.165) is 5.56 Å². The lowest BCUT2D eigenvalue weighted by molar-refractivity contribution is 0.477. The molecule has 3 aromatic carbocycles. The first-order valence-corrected chi connectivity index (χ1v) is 11.6. The molecule has 0 spiro atoms. The molecule has 31 heavy (non-hydrogen) atoms.